The van der Waals surface area contributed by atoms with E-state index in [0.29, 0.717) is 0 Å². The van der Waals surface area contributed by atoms with Gasteiger partial charge in [0.15, 0.2) is 5.78 Å². The van der Waals surface area contributed by atoms with Crippen LogP contribution in [0.3, 0.4) is 0 Å². The molecule has 3 heteroatoms. The minimum atomic E-state index is -0.112. The zero-order chi connectivity index (χ0) is 11.4. The van der Waals surface area contributed by atoms with Crippen molar-refractivity contribution in [3.05, 3.63) is 29.3 Å². The molecule has 1 unspecified atom stereocenters. The SMILES string of the molecule is CCc1cc(SC)cc(C(=O)C(C)Br)c1. The summed E-state index contributed by atoms with van der Waals surface area (Å²) in [5, 5.41) is 0. The number of benzene rings is 1. The Bertz CT molecular complexity index is 338. The quantitative estimate of drug-likeness (QED) is 0.474. The van der Waals surface area contributed by atoms with Gasteiger partial charge < -0.3 is 0 Å². The molecule has 0 aliphatic heterocycles. The van der Waals surface area contributed by atoms with E-state index in [1.165, 1.54) is 5.56 Å². The standard InChI is InChI=1S/C12H15BrOS/c1-4-9-5-10(12(14)8(2)13)7-11(6-9)15-3/h5-8H,4H2,1-3H3. The molecule has 0 heterocycles. The molecule has 0 spiro atoms. The van der Waals surface area contributed by atoms with Crippen molar-refractivity contribution >= 4 is 33.5 Å². The Balaban J connectivity index is 3.12. The van der Waals surface area contributed by atoms with Crippen LogP contribution in [0.5, 0.6) is 0 Å². The molecule has 0 radical (unpaired) electrons. The van der Waals surface area contributed by atoms with Crippen LogP contribution < -0.4 is 0 Å². The molecule has 0 bridgehead atoms. The van der Waals surface area contributed by atoms with Crippen LogP contribution in [0.25, 0.3) is 0 Å². The molecule has 1 rings (SSSR count). The maximum absolute atomic E-state index is 11.8. The van der Waals surface area contributed by atoms with Gasteiger partial charge in [-0.05, 0) is 43.4 Å². The zero-order valence-corrected chi connectivity index (χ0v) is 11.6. The molecule has 1 atom stereocenters. The normalized spacial score (nSPS) is 12.5. The smallest absolute Gasteiger partial charge is 0.176 e. The van der Waals surface area contributed by atoms with Crippen LogP contribution >= 0.6 is 27.7 Å². The highest BCUT2D eigenvalue weighted by atomic mass is 79.9. The fourth-order valence-corrected chi connectivity index (χ4v) is 2.13. The van der Waals surface area contributed by atoms with E-state index >= 15 is 0 Å². The van der Waals surface area contributed by atoms with E-state index in [2.05, 4.69) is 28.9 Å². The number of ketones is 1. The lowest BCUT2D eigenvalue weighted by Gasteiger charge is -2.07. The largest absolute Gasteiger partial charge is 0.293 e. The molecule has 0 amide bonds. The van der Waals surface area contributed by atoms with Crippen LogP contribution in [0.15, 0.2) is 23.1 Å². The molecule has 0 N–H and O–H groups in total. The van der Waals surface area contributed by atoms with Gasteiger partial charge in [0.2, 0.25) is 0 Å². The number of Topliss-reactive ketones (excluding diaryl/α,β-unsaturated/α-hetero) is 1. The van der Waals surface area contributed by atoms with Gasteiger partial charge in [-0.1, -0.05) is 22.9 Å². The lowest BCUT2D eigenvalue weighted by molar-refractivity contribution is 0.0995. The summed E-state index contributed by atoms with van der Waals surface area (Å²) in [5.41, 5.74) is 2.03. The molecule has 0 saturated heterocycles. The predicted molar refractivity (Wildman–Crippen MR) is 70.3 cm³/mol. The Kier molecular flexibility index (Phi) is 4.87. The van der Waals surface area contributed by atoms with Gasteiger partial charge in [-0.15, -0.1) is 11.8 Å². The summed E-state index contributed by atoms with van der Waals surface area (Å²) in [4.78, 5) is 12.9. The highest BCUT2D eigenvalue weighted by Crippen LogP contribution is 2.21. The molecule has 0 aliphatic rings. The monoisotopic (exact) mass is 286 g/mol. The molecule has 1 nitrogen and oxygen atoms in total. The number of rotatable bonds is 4. The van der Waals surface area contributed by atoms with Crippen molar-refractivity contribution in [2.75, 3.05) is 6.26 Å². The van der Waals surface area contributed by atoms with Crippen molar-refractivity contribution in [2.24, 2.45) is 0 Å². The van der Waals surface area contributed by atoms with Gasteiger partial charge in [0, 0.05) is 10.5 Å². The Labute approximate surface area is 104 Å². The third kappa shape index (κ3) is 3.35. The molecular weight excluding hydrogens is 272 g/mol. The summed E-state index contributed by atoms with van der Waals surface area (Å²) in [6, 6.07) is 6.09. The lowest BCUT2D eigenvalue weighted by atomic mass is 10.0. The fraction of sp³-hybridized carbons (Fsp3) is 0.417. The summed E-state index contributed by atoms with van der Waals surface area (Å²) in [7, 11) is 0. The molecule has 1 aromatic carbocycles. The second kappa shape index (κ2) is 5.71. The van der Waals surface area contributed by atoms with E-state index in [0.717, 1.165) is 16.9 Å². The van der Waals surface area contributed by atoms with Gasteiger partial charge >= 0.3 is 0 Å². The van der Waals surface area contributed by atoms with E-state index < -0.39 is 0 Å². The number of halogens is 1. The Morgan fingerprint density at radius 1 is 1.47 bits per heavy atom. The van der Waals surface area contributed by atoms with Gasteiger partial charge in [-0.2, -0.15) is 0 Å². The van der Waals surface area contributed by atoms with Gasteiger partial charge in [0.25, 0.3) is 0 Å². The minimum absolute atomic E-state index is 0.112. The van der Waals surface area contributed by atoms with E-state index in [4.69, 9.17) is 0 Å². The zero-order valence-electron chi connectivity index (χ0n) is 9.21. The van der Waals surface area contributed by atoms with E-state index in [1.807, 2.05) is 25.3 Å². The summed E-state index contributed by atoms with van der Waals surface area (Å²) in [6.07, 6.45) is 2.99. The number of alkyl halides is 1. The average molecular weight is 287 g/mol. The Morgan fingerprint density at radius 2 is 2.13 bits per heavy atom. The van der Waals surface area contributed by atoms with Crippen LogP contribution in [0.4, 0.5) is 0 Å². The number of carbonyl (C=O) groups is 1. The molecule has 0 aromatic heterocycles. The first kappa shape index (κ1) is 12.8. The number of thioether (sulfide) groups is 1. The minimum Gasteiger partial charge on any atom is -0.293 e. The van der Waals surface area contributed by atoms with Gasteiger partial charge in [0.05, 0.1) is 4.83 Å². The van der Waals surface area contributed by atoms with Crippen molar-refractivity contribution in [3.63, 3.8) is 0 Å². The van der Waals surface area contributed by atoms with Crippen LogP contribution in [0.1, 0.15) is 29.8 Å². The third-order valence-corrected chi connectivity index (χ3v) is 3.38. The highest BCUT2D eigenvalue weighted by Gasteiger charge is 2.13. The number of hydrogen-bond donors (Lipinski definition) is 0. The summed E-state index contributed by atoms with van der Waals surface area (Å²) in [5.74, 6) is 0.153. The topological polar surface area (TPSA) is 17.1 Å². The van der Waals surface area contributed by atoms with E-state index in [9.17, 15) is 4.79 Å². The van der Waals surface area contributed by atoms with Crippen molar-refractivity contribution in [1.29, 1.82) is 0 Å². The molecule has 0 aliphatic carbocycles. The number of aryl methyl sites for hydroxylation is 1. The van der Waals surface area contributed by atoms with Crippen LogP contribution in [0, 0.1) is 0 Å². The number of carbonyl (C=O) groups excluding carboxylic acids is 1. The summed E-state index contributed by atoms with van der Waals surface area (Å²) < 4.78 is 0. The third-order valence-electron chi connectivity index (χ3n) is 2.26. The number of hydrogen-bond acceptors (Lipinski definition) is 2. The second-order valence-electron chi connectivity index (χ2n) is 3.40. The van der Waals surface area contributed by atoms with Crippen LogP contribution in [0.2, 0.25) is 0 Å². The van der Waals surface area contributed by atoms with Gasteiger partial charge in [-0.3, -0.25) is 4.79 Å². The van der Waals surface area contributed by atoms with Crippen LogP contribution in [-0.2, 0) is 6.42 Å². The summed E-state index contributed by atoms with van der Waals surface area (Å²) in [6.45, 7) is 3.96. The first-order valence-corrected chi connectivity index (χ1v) is 7.08. The van der Waals surface area contributed by atoms with Crippen molar-refractivity contribution < 1.29 is 4.79 Å². The van der Waals surface area contributed by atoms with Gasteiger partial charge in [0.1, 0.15) is 0 Å². The predicted octanol–water partition coefficient (Wildman–Crippen LogP) is 3.94. The van der Waals surface area contributed by atoms with Gasteiger partial charge in [-0.25, -0.2) is 0 Å². The van der Waals surface area contributed by atoms with Crippen molar-refractivity contribution in [2.45, 2.75) is 30.0 Å². The lowest BCUT2D eigenvalue weighted by Crippen LogP contribution is -2.10. The molecule has 15 heavy (non-hydrogen) atoms. The first-order chi connectivity index (χ1) is 7.08. The molecule has 0 fully saturated rings. The van der Waals surface area contributed by atoms with Crippen LogP contribution in [-0.4, -0.2) is 16.9 Å². The van der Waals surface area contributed by atoms with Crippen molar-refractivity contribution in [3.8, 4) is 0 Å². The van der Waals surface area contributed by atoms with E-state index in [-0.39, 0.29) is 10.6 Å². The van der Waals surface area contributed by atoms with E-state index in [1.54, 1.807) is 11.8 Å². The maximum atomic E-state index is 11.8. The summed E-state index contributed by atoms with van der Waals surface area (Å²) >= 11 is 4.99. The highest BCUT2D eigenvalue weighted by molar-refractivity contribution is 9.10. The molecule has 0 saturated carbocycles. The molecular formula is C12H15BrOS. The Hall–Kier alpha value is -0.280. The molecule has 1 aromatic rings. The average Bonchev–Trinajstić information content (AvgIpc) is 2.27. The first-order valence-electron chi connectivity index (χ1n) is 4.94. The molecule has 82 valence electrons. The maximum Gasteiger partial charge on any atom is 0.176 e. The van der Waals surface area contributed by atoms with Crippen molar-refractivity contribution in [1.82, 2.24) is 0 Å². The second-order valence-corrected chi connectivity index (χ2v) is 5.66. The fourth-order valence-electron chi connectivity index (χ4n) is 1.35. The Morgan fingerprint density at radius 3 is 2.60 bits per heavy atom.